The van der Waals surface area contributed by atoms with Crippen LogP contribution in [0.15, 0.2) is 46.5 Å². The van der Waals surface area contributed by atoms with Crippen molar-refractivity contribution in [2.45, 2.75) is 13.1 Å². The minimum Gasteiger partial charge on any atom is -0.305 e. The molecule has 0 aliphatic carbocycles. The van der Waals surface area contributed by atoms with Gasteiger partial charge in [0.15, 0.2) is 0 Å². The first-order valence-electron chi connectivity index (χ1n) is 5.82. The van der Waals surface area contributed by atoms with Crippen LogP contribution in [0, 0.1) is 13.0 Å². The van der Waals surface area contributed by atoms with Crippen molar-refractivity contribution in [2.75, 3.05) is 0 Å². The molecule has 97 valence electrons. The SMILES string of the molecule is Cc1ccnc(-c2[c-]ccc(C3N=CC=N3)c2)c1.[Ir]. The Morgan fingerprint density at radius 1 is 1.11 bits per heavy atom. The third kappa shape index (κ3) is 3.03. The number of aliphatic imine (C=N–C) groups is 2. The summed E-state index contributed by atoms with van der Waals surface area (Å²) >= 11 is 0. The van der Waals surface area contributed by atoms with E-state index in [9.17, 15) is 0 Å². The third-order valence-electron chi connectivity index (χ3n) is 2.84. The van der Waals surface area contributed by atoms with E-state index in [1.54, 1.807) is 12.4 Å². The monoisotopic (exact) mass is 427 g/mol. The number of nitrogens with zero attached hydrogens (tertiary/aromatic N) is 3. The fourth-order valence-electron chi connectivity index (χ4n) is 1.93. The molecular formula is C15H12IrN3-. The van der Waals surface area contributed by atoms with Gasteiger partial charge in [0.25, 0.3) is 0 Å². The summed E-state index contributed by atoms with van der Waals surface area (Å²) < 4.78 is 0. The van der Waals surface area contributed by atoms with Gasteiger partial charge in [-0.2, -0.15) is 0 Å². The number of benzene rings is 1. The number of aromatic nitrogens is 1. The van der Waals surface area contributed by atoms with Crippen molar-refractivity contribution < 1.29 is 20.1 Å². The molecule has 0 fully saturated rings. The van der Waals surface area contributed by atoms with E-state index < -0.39 is 0 Å². The number of aryl methyl sites for hydroxylation is 1. The first-order valence-corrected chi connectivity index (χ1v) is 5.82. The first-order chi connectivity index (χ1) is 8.83. The van der Waals surface area contributed by atoms with Crippen molar-refractivity contribution in [3.05, 3.63) is 53.7 Å². The molecule has 4 heteroatoms. The van der Waals surface area contributed by atoms with Crippen LogP contribution in [-0.4, -0.2) is 17.4 Å². The van der Waals surface area contributed by atoms with Crippen LogP contribution < -0.4 is 0 Å². The van der Waals surface area contributed by atoms with Crippen LogP contribution in [0.3, 0.4) is 0 Å². The van der Waals surface area contributed by atoms with Crippen LogP contribution in [-0.2, 0) is 20.1 Å². The smallest absolute Gasteiger partial charge is 0.148 e. The Bertz CT molecular complexity index is 623. The fourth-order valence-corrected chi connectivity index (χ4v) is 1.93. The molecule has 19 heavy (non-hydrogen) atoms. The zero-order valence-electron chi connectivity index (χ0n) is 10.4. The Morgan fingerprint density at radius 3 is 2.63 bits per heavy atom. The number of hydrogen-bond acceptors (Lipinski definition) is 3. The predicted octanol–water partition coefficient (Wildman–Crippen LogP) is 3.01. The van der Waals surface area contributed by atoms with Crippen LogP contribution in [0.2, 0.25) is 0 Å². The molecule has 0 saturated heterocycles. The van der Waals surface area contributed by atoms with E-state index >= 15 is 0 Å². The minimum atomic E-state index is -0.108. The Hall–Kier alpha value is -1.64. The van der Waals surface area contributed by atoms with Crippen LogP contribution in [0.5, 0.6) is 0 Å². The second-order valence-corrected chi connectivity index (χ2v) is 4.22. The summed E-state index contributed by atoms with van der Waals surface area (Å²) in [6, 6.07) is 13.2. The molecule has 1 aromatic carbocycles. The summed E-state index contributed by atoms with van der Waals surface area (Å²) in [6.07, 6.45) is 5.16. The molecule has 1 aliphatic rings. The van der Waals surface area contributed by atoms with Gasteiger partial charge < -0.3 is 4.98 Å². The van der Waals surface area contributed by atoms with Gasteiger partial charge in [0.05, 0.1) is 0 Å². The summed E-state index contributed by atoms with van der Waals surface area (Å²) in [5.41, 5.74) is 4.17. The number of rotatable bonds is 2. The van der Waals surface area contributed by atoms with Gasteiger partial charge in [0.2, 0.25) is 0 Å². The Balaban J connectivity index is 0.00000133. The molecule has 1 aromatic heterocycles. The summed E-state index contributed by atoms with van der Waals surface area (Å²) in [6.45, 7) is 2.06. The molecule has 0 spiro atoms. The maximum absolute atomic E-state index is 4.37. The summed E-state index contributed by atoms with van der Waals surface area (Å²) in [7, 11) is 0. The van der Waals surface area contributed by atoms with Gasteiger partial charge in [0, 0.05) is 38.7 Å². The van der Waals surface area contributed by atoms with Crippen molar-refractivity contribution in [2.24, 2.45) is 9.98 Å². The Kier molecular flexibility index (Phi) is 4.35. The van der Waals surface area contributed by atoms with Gasteiger partial charge in [-0.25, -0.2) is 0 Å². The molecule has 0 unspecified atom stereocenters. The van der Waals surface area contributed by atoms with Crippen LogP contribution in [0.4, 0.5) is 0 Å². The van der Waals surface area contributed by atoms with Gasteiger partial charge in [-0.3, -0.25) is 9.98 Å². The average molecular weight is 426 g/mol. The van der Waals surface area contributed by atoms with Crippen molar-refractivity contribution in [1.29, 1.82) is 0 Å². The van der Waals surface area contributed by atoms with E-state index in [2.05, 4.69) is 34.0 Å². The van der Waals surface area contributed by atoms with Crippen LogP contribution in [0.25, 0.3) is 11.3 Å². The van der Waals surface area contributed by atoms with Crippen molar-refractivity contribution in [3.63, 3.8) is 0 Å². The van der Waals surface area contributed by atoms with E-state index in [0.717, 1.165) is 16.8 Å². The normalized spacial score (nSPS) is 13.5. The van der Waals surface area contributed by atoms with Crippen molar-refractivity contribution in [3.8, 4) is 11.3 Å². The van der Waals surface area contributed by atoms with E-state index in [1.165, 1.54) is 5.56 Å². The Labute approximate surface area is 125 Å². The third-order valence-corrected chi connectivity index (χ3v) is 2.84. The van der Waals surface area contributed by atoms with Gasteiger partial charge in [0.1, 0.15) is 6.17 Å². The standard InChI is InChI=1S/C15H12N3.Ir/c1-11-5-6-16-14(9-11)12-3-2-4-13(10-12)15-17-7-8-18-15;/h2,4-10,15H,1H3;/q-1;. The fraction of sp³-hybridized carbons (Fsp3) is 0.133. The zero-order chi connectivity index (χ0) is 12.4. The summed E-state index contributed by atoms with van der Waals surface area (Å²) in [5.74, 6) is 0. The second kappa shape index (κ2) is 6.00. The van der Waals surface area contributed by atoms with Gasteiger partial charge in [-0.05, 0) is 18.7 Å². The minimum absolute atomic E-state index is 0. The van der Waals surface area contributed by atoms with E-state index in [0.29, 0.717) is 0 Å². The molecule has 0 saturated carbocycles. The van der Waals surface area contributed by atoms with Gasteiger partial charge in [-0.15, -0.1) is 29.8 Å². The van der Waals surface area contributed by atoms with Crippen LogP contribution >= 0.6 is 0 Å². The van der Waals surface area contributed by atoms with Crippen LogP contribution in [0.1, 0.15) is 17.3 Å². The first kappa shape index (κ1) is 13.8. The Morgan fingerprint density at radius 2 is 1.89 bits per heavy atom. The van der Waals surface area contributed by atoms with E-state index in [-0.39, 0.29) is 26.3 Å². The average Bonchev–Trinajstić information content (AvgIpc) is 2.93. The maximum Gasteiger partial charge on any atom is 0.148 e. The summed E-state index contributed by atoms with van der Waals surface area (Å²) in [5, 5.41) is 0. The molecule has 1 radical (unpaired) electrons. The molecule has 0 N–H and O–H groups in total. The van der Waals surface area contributed by atoms with E-state index in [4.69, 9.17) is 0 Å². The molecule has 2 heterocycles. The number of pyridine rings is 1. The molecule has 0 atom stereocenters. The molecule has 3 nitrogen and oxygen atoms in total. The second-order valence-electron chi connectivity index (χ2n) is 4.22. The predicted molar refractivity (Wildman–Crippen MR) is 73.0 cm³/mol. The van der Waals surface area contributed by atoms with Crippen molar-refractivity contribution in [1.82, 2.24) is 4.98 Å². The van der Waals surface area contributed by atoms with Gasteiger partial charge in [-0.1, -0.05) is 17.2 Å². The molecular weight excluding hydrogens is 414 g/mol. The molecule has 0 bridgehead atoms. The largest absolute Gasteiger partial charge is 0.305 e. The molecule has 1 aliphatic heterocycles. The quantitative estimate of drug-likeness (QED) is 0.681. The van der Waals surface area contributed by atoms with E-state index in [1.807, 2.05) is 30.5 Å². The molecule has 3 rings (SSSR count). The zero-order valence-corrected chi connectivity index (χ0v) is 12.8. The maximum atomic E-state index is 4.37. The summed E-state index contributed by atoms with van der Waals surface area (Å²) in [4.78, 5) is 12.9. The molecule has 2 aromatic rings. The van der Waals surface area contributed by atoms with Crippen molar-refractivity contribution >= 4 is 12.4 Å². The van der Waals surface area contributed by atoms with Gasteiger partial charge >= 0.3 is 0 Å². The topological polar surface area (TPSA) is 37.6 Å². The number of hydrogen-bond donors (Lipinski definition) is 0. The molecule has 0 amide bonds.